The van der Waals surface area contributed by atoms with Gasteiger partial charge in [0, 0.05) is 23.2 Å². The summed E-state index contributed by atoms with van der Waals surface area (Å²) in [5.74, 6) is -1.70. The number of hydrogen-bond donors (Lipinski definition) is 3. The topological polar surface area (TPSA) is 144 Å². The van der Waals surface area contributed by atoms with Crippen LogP contribution in [0, 0.1) is 5.41 Å². The highest BCUT2D eigenvalue weighted by atomic mass is 19.4. The van der Waals surface area contributed by atoms with Crippen molar-refractivity contribution in [1.82, 2.24) is 20.6 Å². The Balaban J connectivity index is 1.22. The van der Waals surface area contributed by atoms with Gasteiger partial charge in [-0.1, -0.05) is 72.0 Å². The molecule has 0 saturated heterocycles. The molecule has 1 aliphatic carbocycles. The maximum Gasteiger partial charge on any atom is 0.422 e. The molecule has 2 aliphatic rings. The van der Waals surface area contributed by atoms with E-state index in [0.717, 1.165) is 19.3 Å². The second kappa shape index (κ2) is 10.9. The Morgan fingerprint density at radius 1 is 1.02 bits per heavy atom. The molecule has 42 heavy (non-hydrogen) atoms. The van der Waals surface area contributed by atoms with Gasteiger partial charge in [0.2, 0.25) is 11.6 Å². The number of aliphatic carboxylic acids is 1. The van der Waals surface area contributed by atoms with Crippen molar-refractivity contribution in [1.29, 1.82) is 0 Å². The number of aromatic nitrogens is 3. The van der Waals surface area contributed by atoms with Gasteiger partial charge in [-0.25, -0.2) is 0 Å². The van der Waals surface area contributed by atoms with Gasteiger partial charge < -0.3 is 29.3 Å². The minimum Gasteiger partial charge on any atom is -0.491 e. The third-order valence-electron chi connectivity index (χ3n) is 8.00. The van der Waals surface area contributed by atoms with Crippen molar-refractivity contribution in [3.8, 4) is 40.0 Å². The lowest BCUT2D eigenvalue weighted by atomic mass is 9.74. The number of ether oxygens (including phenoxy) is 1. The first kappa shape index (κ1) is 27.9. The van der Waals surface area contributed by atoms with E-state index in [1.807, 2.05) is 0 Å². The van der Waals surface area contributed by atoms with E-state index < -0.39 is 52.6 Å². The van der Waals surface area contributed by atoms with Gasteiger partial charge in [-0.05, 0) is 18.9 Å². The molecule has 0 unspecified atom stereocenters. The number of rotatable bonds is 7. The number of alkyl halides is 3. The van der Waals surface area contributed by atoms with Crippen LogP contribution in [0.4, 0.5) is 13.2 Å². The Labute approximate surface area is 237 Å². The van der Waals surface area contributed by atoms with Crippen molar-refractivity contribution >= 4 is 5.97 Å². The van der Waals surface area contributed by atoms with E-state index in [2.05, 4.69) is 20.6 Å². The highest BCUT2D eigenvalue weighted by Gasteiger charge is 2.43. The fourth-order valence-electron chi connectivity index (χ4n) is 5.65. The largest absolute Gasteiger partial charge is 0.491 e. The summed E-state index contributed by atoms with van der Waals surface area (Å²) in [6.45, 7) is 0.306. The minimum absolute atomic E-state index is 0.0161. The summed E-state index contributed by atoms with van der Waals surface area (Å²) in [5.41, 5.74) is -1.32. The van der Waals surface area contributed by atoms with Crippen LogP contribution in [0.15, 0.2) is 57.6 Å². The predicted octanol–water partition coefficient (Wildman–Crippen LogP) is 5.50. The number of aliphatic hydroxyl groups excluding tert-OH is 1. The van der Waals surface area contributed by atoms with Crippen LogP contribution in [0.25, 0.3) is 34.3 Å². The SMILES string of the molecule is O=C(O)C1(CN[C@H]2COc3cc(-c4noc(-c5onc(-c6ccccc6)c5C(F)(F)F)n4)ccc3[C@H]2O)CCCCC1. The summed E-state index contributed by atoms with van der Waals surface area (Å²) in [6.07, 6.45) is -1.91. The summed E-state index contributed by atoms with van der Waals surface area (Å²) in [5, 5.41) is 31.5. The minimum atomic E-state index is -4.81. The number of carboxylic acid groups (broad SMARTS) is 1. The molecule has 2 atom stereocenters. The van der Waals surface area contributed by atoms with Gasteiger partial charge in [0.15, 0.2) is 0 Å². The highest BCUT2D eigenvalue weighted by molar-refractivity contribution is 5.75. The van der Waals surface area contributed by atoms with Crippen LogP contribution in [0.2, 0.25) is 0 Å². The number of carboxylic acids is 1. The maximum atomic E-state index is 14.1. The van der Waals surface area contributed by atoms with Crippen LogP contribution < -0.4 is 10.1 Å². The molecule has 10 nitrogen and oxygen atoms in total. The molecule has 4 aromatic rings. The molecule has 1 saturated carbocycles. The third-order valence-corrected chi connectivity index (χ3v) is 8.00. The van der Waals surface area contributed by atoms with Crippen molar-refractivity contribution in [2.45, 2.75) is 50.4 Å². The van der Waals surface area contributed by atoms with Gasteiger partial charge in [-0.15, -0.1) is 0 Å². The average Bonchev–Trinajstić information content (AvgIpc) is 3.66. The van der Waals surface area contributed by atoms with Crippen LogP contribution in [-0.2, 0) is 11.0 Å². The second-order valence-electron chi connectivity index (χ2n) is 10.7. The second-order valence-corrected chi connectivity index (χ2v) is 10.7. The number of nitrogens with one attached hydrogen (secondary N) is 1. The molecule has 3 N–H and O–H groups in total. The third kappa shape index (κ3) is 5.13. The first-order valence-corrected chi connectivity index (χ1v) is 13.5. The zero-order chi connectivity index (χ0) is 29.5. The lowest BCUT2D eigenvalue weighted by Crippen LogP contribution is -2.50. The van der Waals surface area contributed by atoms with Crippen molar-refractivity contribution in [2.75, 3.05) is 13.2 Å². The Hall–Kier alpha value is -4.23. The van der Waals surface area contributed by atoms with Crippen molar-refractivity contribution < 1.29 is 42.0 Å². The van der Waals surface area contributed by atoms with Crippen molar-refractivity contribution in [3.63, 3.8) is 0 Å². The number of fused-ring (bicyclic) bond motifs is 1. The standard InChI is InChI=1S/C29H27F3N4O6/c30-29(31,32)21-22(16-7-3-1-4-8-16)35-41-24(21)26-34-25(36-42-26)17-9-10-18-20(13-17)40-14-19(23(18)37)33-15-28(27(38)39)11-5-2-6-12-28/h1,3-4,7-10,13,19,23,33,37H,2,5-6,11-12,14-15H2,(H,38,39)/t19-,23+/m0/s1. The monoisotopic (exact) mass is 584 g/mol. The number of aliphatic hydroxyl groups is 1. The van der Waals surface area contributed by atoms with E-state index in [1.165, 1.54) is 12.1 Å². The number of nitrogens with zero attached hydrogens (tertiary/aromatic N) is 3. The molecule has 1 fully saturated rings. The molecule has 3 heterocycles. The van der Waals surface area contributed by atoms with Gasteiger partial charge in [0.25, 0.3) is 5.89 Å². The molecule has 2 aromatic heterocycles. The lowest BCUT2D eigenvalue weighted by molar-refractivity contribution is -0.151. The molecule has 0 radical (unpaired) electrons. The Morgan fingerprint density at radius 3 is 2.50 bits per heavy atom. The first-order valence-electron chi connectivity index (χ1n) is 13.5. The maximum absolute atomic E-state index is 14.1. The Kier molecular flexibility index (Phi) is 7.23. The smallest absolute Gasteiger partial charge is 0.422 e. The van der Waals surface area contributed by atoms with Crippen molar-refractivity contribution in [2.24, 2.45) is 5.41 Å². The van der Waals surface area contributed by atoms with Gasteiger partial charge in [-0.2, -0.15) is 18.2 Å². The lowest BCUT2D eigenvalue weighted by Gasteiger charge is -2.37. The molecule has 1 aliphatic heterocycles. The predicted molar refractivity (Wildman–Crippen MR) is 141 cm³/mol. The van der Waals surface area contributed by atoms with E-state index in [9.17, 15) is 28.2 Å². The first-order chi connectivity index (χ1) is 20.2. The molecular formula is C29H27F3N4O6. The van der Waals surface area contributed by atoms with Crippen LogP contribution >= 0.6 is 0 Å². The van der Waals surface area contributed by atoms with Gasteiger partial charge in [0.05, 0.1) is 11.5 Å². The zero-order valence-electron chi connectivity index (χ0n) is 22.2. The summed E-state index contributed by atoms with van der Waals surface area (Å²) >= 11 is 0. The molecular weight excluding hydrogens is 557 g/mol. The van der Waals surface area contributed by atoms with Crippen LogP contribution in [-0.4, -0.2) is 50.7 Å². The van der Waals surface area contributed by atoms with Crippen LogP contribution in [0.3, 0.4) is 0 Å². The Bertz CT molecular complexity index is 1580. The molecule has 0 amide bonds. The van der Waals surface area contributed by atoms with Gasteiger partial charge in [-0.3, -0.25) is 4.79 Å². The summed E-state index contributed by atoms with van der Waals surface area (Å²) < 4.78 is 58.2. The Morgan fingerprint density at radius 2 is 1.79 bits per heavy atom. The van der Waals surface area contributed by atoms with Crippen LogP contribution in [0.5, 0.6) is 5.75 Å². The summed E-state index contributed by atoms with van der Waals surface area (Å²) in [4.78, 5) is 16.1. The number of hydrogen-bond acceptors (Lipinski definition) is 9. The van der Waals surface area contributed by atoms with E-state index in [1.54, 1.807) is 36.4 Å². The molecule has 220 valence electrons. The zero-order valence-corrected chi connectivity index (χ0v) is 22.2. The highest BCUT2D eigenvalue weighted by Crippen LogP contribution is 2.43. The molecule has 6 rings (SSSR count). The quantitative estimate of drug-likeness (QED) is 0.255. The molecule has 13 heteroatoms. The number of halogens is 3. The van der Waals surface area contributed by atoms with Crippen molar-refractivity contribution in [3.05, 3.63) is 59.7 Å². The number of benzene rings is 2. The normalized spacial score (nSPS) is 20.1. The average molecular weight is 585 g/mol. The molecule has 0 spiro atoms. The number of carbonyl (C=O) groups is 1. The molecule has 2 aromatic carbocycles. The van der Waals surface area contributed by atoms with Crippen LogP contribution in [0.1, 0.15) is 49.3 Å². The van der Waals surface area contributed by atoms with Gasteiger partial charge >= 0.3 is 12.1 Å². The van der Waals surface area contributed by atoms with E-state index in [-0.39, 0.29) is 24.5 Å². The summed E-state index contributed by atoms with van der Waals surface area (Å²) in [7, 11) is 0. The van der Waals surface area contributed by atoms with E-state index >= 15 is 0 Å². The fraction of sp³-hybridized carbons (Fsp3) is 0.379. The van der Waals surface area contributed by atoms with E-state index in [4.69, 9.17) is 13.8 Å². The molecule has 0 bridgehead atoms. The fourth-order valence-corrected chi connectivity index (χ4v) is 5.65. The van der Waals surface area contributed by atoms with E-state index in [0.29, 0.717) is 29.7 Å². The van der Waals surface area contributed by atoms with Gasteiger partial charge in [0.1, 0.15) is 29.7 Å². The summed E-state index contributed by atoms with van der Waals surface area (Å²) in [6, 6.07) is 12.0.